The summed E-state index contributed by atoms with van der Waals surface area (Å²) in [6.45, 7) is 5.57. The second kappa shape index (κ2) is 5.92. The zero-order chi connectivity index (χ0) is 13.9. The number of hydrogen-bond acceptors (Lipinski definition) is 3. The van der Waals surface area contributed by atoms with Crippen LogP contribution >= 0.6 is 0 Å². The van der Waals surface area contributed by atoms with Gasteiger partial charge in [0.15, 0.2) is 0 Å². The number of hydrogen-bond donors (Lipinski definition) is 2. The first kappa shape index (κ1) is 14.3. The fourth-order valence-corrected chi connectivity index (χ4v) is 3.25. The van der Waals surface area contributed by atoms with Crippen molar-refractivity contribution >= 4 is 15.7 Å². The Kier molecular flexibility index (Phi) is 4.47. The van der Waals surface area contributed by atoms with Crippen molar-refractivity contribution in [2.75, 3.05) is 18.4 Å². The average Bonchev–Trinajstić information content (AvgIpc) is 2.37. The Morgan fingerprint density at radius 2 is 2.16 bits per heavy atom. The molecule has 2 N–H and O–H groups in total. The third kappa shape index (κ3) is 3.70. The van der Waals surface area contributed by atoms with E-state index < -0.39 is 10.0 Å². The lowest BCUT2D eigenvalue weighted by Gasteiger charge is -2.18. The van der Waals surface area contributed by atoms with Gasteiger partial charge in [0.25, 0.3) is 0 Å². The van der Waals surface area contributed by atoms with E-state index in [1.807, 2.05) is 6.07 Å². The first-order valence-corrected chi connectivity index (χ1v) is 8.34. The van der Waals surface area contributed by atoms with Crippen LogP contribution in [-0.4, -0.2) is 21.5 Å². The van der Waals surface area contributed by atoms with Crippen molar-refractivity contribution < 1.29 is 8.42 Å². The third-order valence-electron chi connectivity index (χ3n) is 3.34. The fraction of sp³-hybridized carbons (Fsp3) is 0.571. The molecular formula is C14H22N2O2S. The molecule has 2 rings (SSSR count). The van der Waals surface area contributed by atoms with Crippen molar-refractivity contribution in [3.63, 3.8) is 0 Å². The van der Waals surface area contributed by atoms with Crippen LogP contribution in [0.15, 0.2) is 23.1 Å². The Bertz CT molecular complexity index is 538. The zero-order valence-electron chi connectivity index (χ0n) is 11.6. The lowest BCUT2D eigenvalue weighted by molar-refractivity contribution is 0.551. The Balaban J connectivity index is 2.12. The van der Waals surface area contributed by atoms with E-state index in [9.17, 15) is 8.42 Å². The Labute approximate surface area is 115 Å². The van der Waals surface area contributed by atoms with Crippen LogP contribution < -0.4 is 10.0 Å². The lowest BCUT2D eigenvalue weighted by atomic mass is 10.0. The van der Waals surface area contributed by atoms with E-state index in [2.05, 4.69) is 23.9 Å². The largest absolute Gasteiger partial charge is 0.385 e. The van der Waals surface area contributed by atoms with Crippen LogP contribution in [-0.2, 0) is 16.4 Å². The molecule has 1 aromatic carbocycles. The van der Waals surface area contributed by atoms with Gasteiger partial charge in [-0.05, 0) is 42.9 Å². The van der Waals surface area contributed by atoms with Crippen molar-refractivity contribution in [2.45, 2.75) is 38.0 Å². The van der Waals surface area contributed by atoms with E-state index in [1.165, 1.54) is 5.56 Å². The highest BCUT2D eigenvalue weighted by atomic mass is 32.2. The minimum absolute atomic E-state index is 0.351. The second-order valence-corrected chi connectivity index (χ2v) is 7.20. The Morgan fingerprint density at radius 1 is 1.37 bits per heavy atom. The van der Waals surface area contributed by atoms with Crippen molar-refractivity contribution in [1.82, 2.24) is 4.72 Å². The van der Waals surface area contributed by atoms with Gasteiger partial charge in [-0.3, -0.25) is 0 Å². The molecule has 0 aromatic heterocycles. The van der Waals surface area contributed by atoms with Crippen LogP contribution in [0.25, 0.3) is 0 Å². The number of aryl methyl sites for hydroxylation is 1. The summed E-state index contributed by atoms with van der Waals surface area (Å²) < 4.78 is 27.0. The molecular weight excluding hydrogens is 260 g/mol. The van der Waals surface area contributed by atoms with Crippen LogP contribution in [0.3, 0.4) is 0 Å². The minimum atomic E-state index is -3.38. The van der Waals surface area contributed by atoms with Gasteiger partial charge in [-0.1, -0.05) is 19.9 Å². The summed E-state index contributed by atoms with van der Waals surface area (Å²) >= 11 is 0. The van der Waals surface area contributed by atoms with Crippen LogP contribution in [0.4, 0.5) is 5.69 Å². The van der Waals surface area contributed by atoms with E-state index in [0.717, 1.165) is 31.5 Å². The maximum Gasteiger partial charge on any atom is 0.240 e. The molecule has 0 bridgehead atoms. The van der Waals surface area contributed by atoms with Gasteiger partial charge in [0.1, 0.15) is 0 Å². The van der Waals surface area contributed by atoms with Crippen molar-refractivity contribution in [1.29, 1.82) is 0 Å². The maximum absolute atomic E-state index is 12.2. The normalized spacial score (nSPS) is 15.1. The van der Waals surface area contributed by atoms with E-state index in [1.54, 1.807) is 12.1 Å². The molecule has 4 nitrogen and oxygen atoms in total. The molecule has 19 heavy (non-hydrogen) atoms. The molecule has 0 amide bonds. The highest BCUT2D eigenvalue weighted by molar-refractivity contribution is 7.89. The third-order valence-corrected chi connectivity index (χ3v) is 4.80. The lowest BCUT2D eigenvalue weighted by Crippen LogP contribution is -2.26. The fourth-order valence-electron chi connectivity index (χ4n) is 2.17. The molecule has 106 valence electrons. The first-order valence-electron chi connectivity index (χ1n) is 6.85. The van der Waals surface area contributed by atoms with Crippen LogP contribution in [0.2, 0.25) is 0 Å². The van der Waals surface area contributed by atoms with Gasteiger partial charge >= 0.3 is 0 Å². The van der Waals surface area contributed by atoms with Crippen molar-refractivity contribution in [3.8, 4) is 0 Å². The first-order chi connectivity index (χ1) is 8.99. The number of fused-ring (bicyclic) bond motifs is 1. The number of nitrogens with one attached hydrogen (secondary N) is 2. The van der Waals surface area contributed by atoms with Crippen molar-refractivity contribution in [3.05, 3.63) is 23.8 Å². The van der Waals surface area contributed by atoms with Crippen LogP contribution in [0.1, 0.15) is 32.3 Å². The van der Waals surface area contributed by atoms with E-state index in [-0.39, 0.29) is 0 Å². The molecule has 1 aliphatic heterocycles. The standard InChI is InChI=1S/C14H22N2O2S/c1-11(2)7-9-16-19(17,18)13-6-5-12-4-3-8-15-14(12)10-13/h5-6,10-11,15-16H,3-4,7-9H2,1-2H3. The molecule has 0 saturated carbocycles. The van der Waals surface area contributed by atoms with Gasteiger partial charge in [-0.25, -0.2) is 13.1 Å². The Morgan fingerprint density at radius 3 is 2.89 bits per heavy atom. The predicted molar refractivity (Wildman–Crippen MR) is 77.9 cm³/mol. The molecule has 0 spiro atoms. The summed E-state index contributed by atoms with van der Waals surface area (Å²) in [6.07, 6.45) is 2.97. The van der Waals surface area contributed by atoms with Crippen molar-refractivity contribution in [2.24, 2.45) is 5.92 Å². The predicted octanol–water partition coefficient (Wildman–Crippen LogP) is 2.37. The zero-order valence-corrected chi connectivity index (χ0v) is 12.4. The summed E-state index contributed by atoms with van der Waals surface area (Å²) in [5, 5.41) is 3.26. The summed E-state index contributed by atoms with van der Waals surface area (Å²) in [5.74, 6) is 0.493. The second-order valence-electron chi connectivity index (χ2n) is 5.43. The molecule has 1 aromatic rings. The Hall–Kier alpha value is -1.07. The summed E-state index contributed by atoms with van der Waals surface area (Å²) in [5.41, 5.74) is 2.16. The van der Waals surface area contributed by atoms with E-state index in [0.29, 0.717) is 17.4 Å². The maximum atomic E-state index is 12.2. The SMILES string of the molecule is CC(C)CCNS(=O)(=O)c1ccc2c(c1)NCCC2. The quantitative estimate of drug-likeness (QED) is 0.871. The topological polar surface area (TPSA) is 58.2 Å². The van der Waals surface area contributed by atoms with Gasteiger partial charge in [0, 0.05) is 18.8 Å². The number of anilines is 1. The number of benzene rings is 1. The summed E-state index contributed by atoms with van der Waals surface area (Å²) in [6, 6.07) is 5.36. The molecule has 0 aliphatic carbocycles. The van der Waals surface area contributed by atoms with E-state index in [4.69, 9.17) is 0 Å². The van der Waals surface area contributed by atoms with E-state index >= 15 is 0 Å². The average molecular weight is 282 g/mol. The molecule has 0 unspecified atom stereocenters. The highest BCUT2D eigenvalue weighted by Gasteiger charge is 2.17. The molecule has 0 saturated heterocycles. The van der Waals surface area contributed by atoms with Gasteiger partial charge < -0.3 is 5.32 Å². The molecule has 0 fully saturated rings. The number of rotatable bonds is 5. The molecule has 0 radical (unpaired) electrons. The minimum Gasteiger partial charge on any atom is -0.385 e. The van der Waals surface area contributed by atoms with Gasteiger partial charge in [0.05, 0.1) is 4.90 Å². The van der Waals surface area contributed by atoms with Gasteiger partial charge in [-0.2, -0.15) is 0 Å². The summed E-state index contributed by atoms with van der Waals surface area (Å²) in [7, 11) is -3.38. The molecule has 0 atom stereocenters. The summed E-state index contributed by atoms with van der Waals surface area (Å²) in [4.78, 5) is 0.351. The smallest absolute Gasteiger partial charge is 0.240 e. The highest BCUT2D eigenvalue weighted by Crippen LogP contribution is 2.25. The molecule has 1 heterocycles. The molecule has 5 heteroatoms. The van der Waals surface area contributed by atoms with Gasteiger partial charge in [0.2, 0.25) is 10.0 Å². The monoisotopic (exact) mass is 282 g/mol. The molecule has 1 aliphatic rings. The van der Waals surface area contributed by atoms with Gasteiger partial charge in [-0.15, -0.1) is 0 Å². The number of sulfonamides is 1. The van der Waals surface area contributed by atoms with Crippen LogP contribution in [0.5, 0.6) is 0 Å². The van der Waals surface area contributed by atoms with Crippen LogP contribution in [0, 0.1) is 5.92 Å².